The average molecular weight is 470 g/mol. The summed E-state index contributed by atoms with van der Waals surface area (Å²) in [5.74, 6) is -1.66. The number of pyridine rings is 1. The molecule has 1 unspecified atom stereocenters. The summed E-state index contributed by atoms with van der Waals surface area (Å²) in [5, 5.41) is 0.540. The molecule has 6 nitrogen and oxygen atoms in total. The first kappa shape index (κ1) is 23.8. The number of alkyl halides is 3. The van der Waals surface area contributed by atoms with Crippen LogP contribution in [0.3, 0.4) is 0 Å². The number of halogens is 4. The highest BCUT2D eigenvalue weighted by Gasteiger charge is 2.38. The van der Waals surface area contributed by atoms with Crippen molar-refractivity contribution in [1.82, 2.24) is 9.88 Å². The van der Waals surface area contributed by atoms with E-state index in [-0.39, 0.29) is 31.4 Å². The summed E-state index contributed by atoms with van der Waals surface area (Å²) in [5.41, 5.74) is -0.0657. The fourth-order valence-corrected chi connectivity index (χ4v) is 3.87. The SMILES string of the molecule is COC(=O)CN(Cc1ccc(Cl)cc1)C(=O)C1CCCN(c2ncccc2C(F)(F)F)C1. The number of anilines is 1. The van der Waals surface area contributed by atoms with Gasteiger partial charge in [0.15, 0.2) is 0 Å². The van der Waals surface area contributed by atoms with Crippen LogP contribution < -0.4 is 4.90 Å². The van der Waals surface area contributed by atoms with Gasteiger partial charge in [0.05, 0.1) is 18.6 Å². The van der Waals surface area contributed by atoms with Crippen molar-refractivity contribution in [3.8, 4) is 0 Å². The fraction of sp³-hybridized carbons (Fsp3) is 0.409. The quantitative estimate of drug-likeness (QED) is 0.594. The first-order chi connectivity index (χ1) is 15.2. The van der Waals surface area contributed by atoms with E-state index in [0.29, 0.717) is 24.4 Å². The zero-order valence-electron chi connectivity index (χ0n) is 17.4. The summed E-state index contributed by atoms with van der Waals surface area (Å²) >= 11 is 5.91. The molecule has 0 radical (unpaired) electrons. The Hall–Kier alpha value is -2.81. The minimum atomic E-state index is -4.55. The van der Waals surface area contributed by atoms with Crippen molar-refractivity contribution in [2.45, 2.75) is 25.6 Å². The summed E-state index contributed by atoms with van der Waals surface area (Å²) in [6, 6.07) is 9.08. The predicted molar refractivity (Wildman–Crippen MR) is 113 cm³/mol. The number of aromatic nitrogens is 1. The van der Waals surface area contributed by atoms with Gasteiger partial charge in [-0.3, -0.25) is 9.59 Å². The van der Waals surface area contributed by atoms with Crippen molar-refractivity contribution in [3.05, 3.63) is 58.7 Å². The number of ether oxygens (including phenoxy) is 1. The summed E-state index contributed by atoms with van der Waals surface area (Å²) < 4.78 is 45.0. The van der Waals surface area contributed by atoms with Crippen LogP contribution in [0, 0.1) is 5.92 Å². The van der Waals surface area contributed by atoms with Gasteiger partial charge in [0, 0.05) is 30.9 Å². The number of amides is 1. The lowest BCUT2D eigenvalue weighted by Gasteiger charge is -2.36. The van der Waals surface area contributed by atoms with Gasteiger partial charge in [-0.05, 0) is 42.7 Å². The van der Waals surface area contributed by atoms with Crippen LogP contribution in [0.15, 0.2) is 42.6 Å². The van der Waals surface area contributed by atoms with Crippen LogP contribution in [0.2, 0.25) is 5.02 Å². The van der Waals surface area contributed by atoms with E-state index in [2.05, 4.69) is 4.98 Å². The minimum Gasteiger partial charge on any atom is -0.468 e. The lowest BCUT2D eigenvalue weighted by Crippen LogP contribution is -2.46. The number of methoxy groups -OCH3 is 1. The van der Waals surface area contributed by atoms with Gasteiger partial charge in [0.1, 0.15) is 12.4 Å². The number of hydrogen-bond acceptors (Lipinski definition) is 5. The average Bonchev–Trinajstić information content (AvgIpc) is 2.79. The molecular weight excluding hydrogens is 447 g/mol. The van der Waals surface area contributed by atoms with E-state index in [1.807, 2.05) is 0 Å². The second-order valence-electron chi connectivity index (χ2n) is 7.55. The monoisotopic (exact) mass is 469 g/mol. The van der Waals surface area contributed by atoms with E-state index in [0.717, 1.165) is 11.6 Å². The number of piperidine rings is 1. The van der Waals surface area contributed by atoms with Gasteiger partial charge in [-0.2, -0.15) is 13.2 Å². The molecular formula is C22H23ClF3N3O3. The maximum absolute atomic E-state index is 13.4. The maximum atomic E-state index is 13.4. The highest BCUT2D eigenvalue weighted by molar-refractivity contribution is 6.30. The van der Waals surface area contributed by atoms with Gasteiger partial charge in [-0.15, -0.1) is 0 Å². The van der Waals surface area contributed by atoms with Crippen LogP contribution in [0.4, 0.5) is 19.0 Å². The minimum absolute atomic E-state index is 0.0806. The summed E-state index contributed by atoms with van der Waals surface area (Å²) in [4.78, 5) is 32.0. The van der Waals surface area contributed by atoms with Crippen LogP contribution in [0.5, 0.6) is 0 Å². The van der Waals surface area contributed by atoms with E-state index in [1.54, 1.807) is 24.3 Å². The lowest BCUT2D eigenvalue weighted by molar-refractivity contribution is -0.149. The topological polar surface area (TPSA) is 62.7 Å². The smallest absolute Gasteiger partial charge is 0.419 e. The van der Waals surface area contributed by atoms with Crippen molar-refractivity contribution < 1.29 is 27.5 Å². The van der Waals surface area contributed by atoms with Gasteiger partial charge in [0.25, 0.3) is 0 Å². The van der Waals surface area contributed by atoms with Crippen molar-refractivity contribution in [2.75, 3.05) is 31.6 Å². The third kappa shape index (κ3) is 5.91. The Kier molecular flexibility index (Phi) is 7.60. The number of rotatable bonds is 6. The molecule has 2 aromatic rings. The Morgan fingerprint density at radius 2 is 1.97 bits per heavy atom. The molecule has 0 spiro atoms. The van der Waals surface area contributed by atoms with Crippen LogP contribution in [-0.4, -0.2) is 48.5 Å². The first-order valence-corrected chi connectivity index (χ1v) is 10.4. The standard InChI is InChI=1S/C22H23ClF3N3O3/c1-32-19(30)14-29(12-15-6-8-17(23)9-7-15)21(31)16-4-3-11-28(13-16)20-18(22(24,25)26)5-2-10-27-20/h2,5-10,16H,3-4,11-14H2,1H3. The molecule has 1 aromatic carbocycles. The number of carbonyl (C=O) groups is 2. The normalized spacial score (nSPS) is 16.5. The van der Waals surface area contributed by atoms with Crippen molar-refractivity contribution in [3.63, 3.8) is 0 Å². The molecule has 1 saturated heterocycles. The van der Waals surface area contributed by atoms with Gasteiger partial charge in [0.2, 0.25) is 5.91 Å². The number of carbonyl (C=O) groups excluding carboxylic acids is 2. The number of nitrogens with zero attached hydrogens (tertiary/aromatic N) is 3. The largest absolute Gasteiger partial charge is 0.468 e. The molecule has 10 heteroatoms. The third-order valence-corrected chi connectivity index (χ3v) is 5.56. The number of benzene rings is 1. The van der Waals surface area contributed by atoms with Crippen LogP contribution in [-0.2, 0) is 27.0 Å². The first-order valence-electron chi connectivity index (χ1n) is 10.1. The van der Waals surface area contributed by atoms with E-state index in [1.165, 1.54) is 29.2 Å². The Bertz CT molecular complexity index is 953. The summed E-state index contributed by atoms with van der Waals surface area (Å²) in [6.07, 6.45) is -2.22. The predicted octanol–water partition coefficient (Wildman–Crippen LogP) is 4.17. The van der Waals surface area contributed by atoms with Crippen LogP contribution in [0.1, 0.15) is 24.0 Å². The van der Waals surface area contributed by atoms with E-state index < -0.39 is 23.6 Å². The molecule has 32 heavy (non-hydrogen) atoms. The second kappa shape index (κ2) is 10.2. The van der Waals surface area contributed by atoms with E-state index >= 15 is 0 Å². The summed E-state index contributed by atoms with van der Waals surface area (Å²) in [6.45, 7) is 0.333. The Morgan fingerprint density at radius 1 is 1.25 bits per heavy atom. The molecule has 2 heterocycles. The van der Waals surface area contributed by atoms with Gasteiger partial charge in [-0.25, -0.2) is 4.98 Å². The molecule has 1 fully saturated rings. The maximum Gasteiger partial charge on any atom is 0.419 e. The Labute approximate surface area is 188 Å². The molecule has 0 aliphatic carbocycles. The van der Waals surface area contributed by atoms with Gasteiger partial charge in [-0.1, -0.05) is 23.7 Å². The molecule has 0 bridgehead atoms. The summed E-state index contributed by atoms with van der Waals surface area (Å²) in [7, 11) is 1.23. The molecule has 172 valence electrons. The number of hydrogen-bond donors (Lipinski definition) is 0. The number of esters is 1. The lowest BCUT2D eigenvalue weighted by atomic mass is 9.95. The third-order valence-electron chi connectivity index (χ3n) is 5.31. The molecule has 0 N–H and O–H groups in total. The highest BCUT2D eigenvalue weighted by Crippen LogP contribution is 2.36. The molecule has 1 amide bonds. The fourth-order valence-electron chi connectivity index (χ4n) is 3.74. The Morgan fingerprint density at radius 3 is 2.62 bits per heavy atom. The van der Waals surface area contributed by atoms with Crippen molar-refractivity contribution in [2.24, 2.45) is 5.92 Å². The van der Waals surface area contributed by atoms with Crippen molar-refractivity contribution in [1.29, 1.82) is 0 Å². The zero-order valence-corrected chi connectivity index (χ0v) is 18.2. The molecule has 3 rings (SSSR count). The highest BCUT2D eigenvalue weighted by atomic mass is 35.5. The van der Waals surface area contributed by atoms with Gasteiger partial charge >= 0.3 is 12.1 Å². The molecule has 1 aliphatic rings. The van der Waals surface area contributed by atoms with E-state index in [9.17, 15) is 22.8 Å². The van der Waals surface area contributed by atoms with Crippen LogP contribution in [0.25, 0.3) is 0 Å². The second-order valence-corrected chi connectivity index (χ2v) is 7.99. The molecule has 1 atom stereocenters. The zero-order chi connectivity index (χ0) is 23.3. The Balaban J connectivity index is 1.80. The molecule has 1 aliphatic heterocycles. The van der Waals surface area contributed by atoms with Gasteiger partial charge < -0.3 is 14.5 Å². The van der Waals surface area contributed by atoms with Crippen LogP contribution >= 0.6 is 11.6 Å². The van der Waals surface area contributed by atoms with Crippen molar-refractivity contribution >= 4 is 29.3 Å². The van der Waals surface area contributed by atoms with E-state index in [4.69, 9.17) is 16.3 Å². The molecule has 0 saturated carbocycles. The molecule has 1 aromatic heterocycles.